The van der Waals surface area contributed by atoms with Crippen molar-refractivity contribution in [1.29, 1.82) is 0 Å². The number of terminal acetylenes is 1. The maximum absolute atomic E-state index is 12.2. The molecule has 0 saturated carbocycles. The zero-order valence-electron chi connectivity index (χ0n) is 13.6. The van der Waals surface area contributed by atoms with Crippen molar-refractivity contribution in [3.63, 3.8) is 0 Å². The van der Waals surface area contributed by atoms with Crippen LogP contribution in [0, 0.1) is 12.3 Å². The Kier molecular flexibility index (Phi) is 6.55. The van der Waals surface area contributed by atoms with Crippen LogP contribution in [0.5, 0.6) is 11.5 Å². The number of hydrogen-bond donors (Lipinski definition) is 0. The van der Waals surface area contributed by atoms with Gasteiger partial charge in [0, 0.05) is 0 Å². The highest BCUT2D eigenvalue weighted by Crippen LogP contribution is 2.39. The third kappa shape index (κ3) is 4.50. The molecule has 1 heterocycles. The second-order valence-corrected chi connectivity index (χ2v) is 6.30. The lowest BCUT2D eigenvalue weighted by molar-refractivity contribution is -0.307. The van der Waals surface area contributed by atoms with E-state index in [1.807, 2.05) is 0 Å². The van der Waals surface area contributed by atoms with Gasteiger partial charge in [0.25, 0.3) is 11.1 Å². The Hall–Kier alpha value is -2.63. The molecule has 26 heavy (non-hydrogen) atoms. The lowest BCUT2D eigenvalue weighted by Gasteiger charge is -2.14. The smallest absolute Gasteiger partial charge is 0.294 e. The fourth-order valence-electron chi connectivity index (χ4n) is 2.08. The lowest BCUT2D eigenvalue weighted by atomic mass is 10.1. The number of halogens is 1. The van der Waals surface area contributed by atoms with Gasteiger partial charge >= 0.3 is 0 Å². The van der Waals surface area contributed by atoms with Crippen LogP contribution in [0.2, 0.25) is 5.02 Å². The normalized spacial score (nSPS) is 15.3. The van der Waals surface area contributed by atoms with Gasteiger partial charge in [-0.25, -0.2) is 0 Å². The van der Waals surface area contributed by atoms with Gasteiger partial charge in [-0.2, -0.15) is 0 Å². The highest BCUT2D eigenvalue weighted by Gasteiger charge is 2.34. The van der Waals surface area contributed by atoms with Crippen molar-refractivity contribution >= 4 is 46.6 Å². The van der Waals surface area contributed by atoms with Gasteiger partial charge in [-0.1, -0.05) is 17.5 Å². The first kappa shape index (κ1) is 19.7. The molecule has 1 aliphatic rings. The molecular formula is C17H13ClNO6S-. The lowest BCUT2D eigenvalue weighted by Crippen LogP contribution is -2.29. The van der Waals surface area contributed by atoms with Crippen molar-refractivity contribution in [2.24, 2.45) is 0 Å². The zero-order valence-corrected chi connectivity index (χ0v) is 15.2. The molecule has 1 aliphatic heterocycles. The SMILES string of the molecule is C#CCN1C(=O)S/C(=C\c2cc(Cl)c(OCC(=O)[O-])c(OCC)c2)C1=O. The molecule has 1 aromatic rings. The molecule has 0 aliphatic carbocycles. The molecule has 1 aromatic carbocycles. The Balaban J connectivity index is 2.36. The van der Waals surface area contributed by atoms with Crippen LogP contribution in [0.4, 0.5) is 4.79 Å². The molecule has 0 bridgehead atoms. The molecule has 1 fully saturated rings. The van der Waals surface area contributed by atoms with Crippen molar-refractivity contribution in [1.82, 2.24) is 4.90 Å². The zero-order chi connectivity index (χ0) is 19.3. The van der Waals surface area contributed by atoms with Crippen molar-refractivity contribution in [2.45, 2.75) is 6.92 Å². The molecule has 136 valence electrons. The molecule has 0 aromatic heterocycles. The topological polar surface area (TPSA) is 96.0 Å². The molecule has 2 rings (SSSR count). The number of carboxylic acid groups (broad SMARTS) is 1. The van der Waals surface area contributed by atoms with Gasteiger partial charge in [-0.3, -0.25) is 14.5 Å². The van der Waals surface area contributed by atoms with E-state index in [2.05, 4.69) is 5.92 Å². The van der Waals surface area contributed by atoms with E-state index in [0.717, 1.165) is 16.7 Å². The third-order valence-electron chi connectivity index (χ3n) is 3.09. The van der Waals surface area contributed by atoms with Crippen LogP contribution < -0.4 is 14.6 Å². The largest absolute Gasteiger partial charge is 0.546 e. The number of nitrogens with zero attached hydrogens (tertiary/aromatic N) is 1. The van der Waals surface area contributed by atoms with Crippen molar-refractivity contribution < 1.29 is 29.0 Å². The molecule has 9 heteroatoms. The van der Waals surface area contributed by atoms with Crippen molar-refractivity contribution in [3.8, 4) is 23.8 Å². The van der Waals surface area contributed by atoms with Crippen molar-refractivity contribution in [2.75, 3.05) is 19.8 Å². The van der Waals surface area contributed by atoms with Crippen LogP contribution in [0.25, 0.3) is 6.08 Å². The van der Waals surface area contributed by atoms with Crippen LogP contribution in [0.1, 0.15) is 12.5 Å². The number of carbonyl (C=O) groups is 3. The van der Waals surface area contributed by atoms with E-state index in [0.29, 0.717) is 5.56 Å². The van der Waals surface area contributed by atoms with E-state index in [4.69, 9.17) is 27.5 Å². The number of thioether (sulfide) groups is 1. The Morgan fingerprint density at radius 2 is 2.15 bits per heavy atom. The van der Waals surface area contributed by atoms with Gasteiger partial charge in [-0.05, 0) is 42.5 Å². The Morgan fingerprint density at radius 3 is 2.77 bits per heavy atom. The average molecular weight is 395 g/mol. The summed E-state index contributed by atoms with van der Waals surface area (Å²) in [5.74, 6) is 0.605. The first-order valence-corrected chi connectivity index (χ1v) is 8.54. The number of imide groups is 1. The van der Waals surface area contributed by atoms with E-state index < -0.39 is 23.7 Å². The van der Waals surface area contributed by atoms with Gasteiger partial charge in [-0.15, -0.1) is 6.42 Å². The van der Waals surface area contributed by atoms with Gasteiger partial charge < -0.3 is 19.4 Å². The van der Waals surface area contributed by atoms with Crippen LogP contribution in [-0.4, -0.2) is 41.8 Å². The van der Waals surface area contributed by atoms with E-state index in [9.17, 15) is 19.5 Å². The van der Waals surface area contributed by atoms with Crippen LogP contribution in [0.3, 0.4) is 0 Å². The number of aliphatic carboxylic acids is 1. The molecule has 7 nitrogen and oxygen atoms in total. The Morgan fingerprint density at radius 1 is 1.42 bits per heavy atom. The summed E-state index contributed by atoms with van der Waals surface area (Å²) in [4.78, 5) is 35.7. The maximum Gasteiger partial charge on any atom is 0.294 e. The highest BCUT2D eigenvalue weighted by atomic mass is 35.5. The summed E-state index contributed by atoms with van der Waals surface area (Å²) >= 11 is 6.90. The van der Waals surface area contributed by atoms with Crippen LogP contribution in [-0.2, 0) is 9.59 Å². The number of rotatable bonds is 7. The second kappa shape index (κ2) is 8.65. The number of amides is 2. The summed E-state index contributed by atoms with van der Waals surface area (Å²) in [6.07, 6.45) is 6.62. The summed E-state index contributed by atoms with van der Waals surface area (Å²) in [6, 6.07) is 2.99. The minimum Gasteiger partial charge on any atom is -0.546 e. The summed E-state index contributed by atoms with van der Waals surface area (Å²) in [5, 5.41) is 10.2. The minimum atomic E-state index is -1.41. The third-order valence-corrected chi connectivity index (χ3v) is 4.27. The van der Waals surface area contributed by atoms with E-state index >= 15 is 0 Å². The fraction of sp³-hybridized carbons (Fsp3) is 0.235. The Labute approximate surface area is 158 Å². The number of carboxylic acids is 1. The highest BCUT2D eigenvalue weighted by molar-refractivity contribution is 8.18. The summed E-state index contributed by atoms with van der Waals surface area (Å²) in [5.41, 5.74) is 0.477. The van der Waals surface area contributed by atoms with Gasteiger partial charge in [0.2, 0.25) is 0 Å². The monoisotopic (exact) mass is 394 g/mol. The molecule has 0 unspecified atom stereocenters. The van der Waals surface area contributed by atoms with E-state index in [-0.39, 0.29) is 34.6 Å². The standard InChI is InChI=1S/C17H14ClNO6S/c1-3-5-19-16(22)13(26-17(19)23)8-10-6-11(18)15(25-9-14(20)21)12(7-10)24-4-2/h1,6-8H,4-5,9H2,2H3,(H,20,21)/p-1/b13-8-. The van der Waals surface area contributed by atoms with Crippen LogP contribution in [0.15, 0.2) is 17.0 Å². The number of ether oxygens (including phenoxy) is 2. The van der Waals surface area contributed by atoms with Crippen molar-refractivity contribution in [3.05, 3.63) is 27.6 Å². The first-order chi connectivity index (χ1) is 12.4. The maximum atomic E-state index is 12.2. The molecule has 0 spiro atoms. The molecule has 0 radical (unpaired) electrons. The summed E-state index contributed by atoms with van der Waals surface area (Å²) < 4.78 is 10.5. The van der Waals surface area contributed by atoms with Crippen LogP contribution >= 0.6 is 23.4 Å². The minimum absolute atomic E-state index is 0.0512. The molecule has 2 amide bonds. The fourth-order valence-corrected chi connectivity index (χ4v) is 3.20. The second-order valence-electron chi connectivity index (χ2n) is 4.90. The first-order valence-electron chi connectivity index (χ1n) is 7.35. The molecule has 0 atom stereocenters. The van der Waals surface area contributed by atoms with Gasteiger partial charge in [0.15, 0.2) is 11.5 Å². The quantitative estimate of drug-likeness (QED) is 0.511. The van der Waals surface area contributed by atoms with Gasteiger partial charge in [0.1, 0.15) is 6.61 Å². The molecule has 0 N–H and O–H groups in total. The van der Waals surface area contributed by atoms with E-state index in [1.54, 1.807) is 6.92 Å². The summed E-state index contributed by atoms with van der Waals surface area (Å²) in [6.45, 7) is 1.21. The molecular weight excluding hydrogens is 382 g/mol. The van der Waals surface area contributed by atoms with E-state index in [1.165, 1.54) is 18.2 Å². The van der Waals surface area contributed by atoms with Gasteiger partial charge in [0.05, 0.1) is 29.0 Å². The number of carbonyl (C=O) groups excluding carboxylic acids is 3. The Bertz CT molecular complexity index is 829. The number of benzene rings is 1. The number of hydrogen-bond acceptors (Lipinski definition) is 7. The predicted octanol–water partition coefficient (Wildman–Crippen LogP) is 1.54. The summed E-state index contributed by atoms with van der Waals surface area (Å²) in [7, 11) is 0. The average Bonchev–Trinajstić information content (AvgIpc) is 2.82. The molecule has 1 saturated heterocycles. The predicted molar refractivity (Wildman–Crippen MR) is 94.6 cm³/mol.